The van der Waals surface area contributed by atoms with Crippen LogP contribution < -0.4 is 22.5 Å². The number of nitrogens with one attached hydrogen (secondary N) is 1. The third-order valence-corrected chi connectivity index (χ3v) is 2.76. The molecule has 1 aromatic carbocycles. The highest BCUT2D eigenvalue weighted by molar-refractivity contribution is 6.34. The molecule has 0 aliphatic rings. The number of anilines is 2. The van der Waals surface area contributed by atoms with E-state index in [1.165, 1.54) is 12.1 Å². The number of nitrogens with two attached hydrogens (primary N) is 3. The number of nitrogen functional groups attached to an aromatic ring is 1. The molecule has 0 bridgehead atoms. The predicted molar refractivity (Wildman–Crippen MR) is 75.9 cm³/mol. The SMILES string of the molecule is CC(C)(CC(N)=O)Nc1c(Cl)cc(N)cc1C(N)=O. The van der Waals surface area contributed by atoms with Gasteiger partial charge in [-0.15, -0.1) is 0 Å². The third-order valence-electron chi connectivity index (χ3n) is 2.46. The monoisotopic (exact) mass is 284 g/mol. The summed E-state index contributed by atoms with van der Waals surface area (Å²) < 4.78 is 0. The van der Waals surface area contributed by atoms with E-state index in [2.05, 4.69) is 5.32 Å². The highest BCUT2D eigenvalue weighted by atomic mass is 35.5. The van der Waals surface area contributed by atoms with E-state index in [9.17, 15) is 9.59 Å². The number of carbonyl (C=O) groups excluding carboxylic acids is 2. The number of benzene rings is 1. The molecular weight excluding hydrogens is 268 g/mol. The molecule has 104 valence electrons. The molecule has 0 saturated carbocycles. The van der Waals surface area contributed by atoms with E-state index in [-0.39, 0.29) is 17.0 Å². The molecule has 2 amide bonds. The van der Waals surface area contributed by atoms with Crippen molar-refractivity contribution in [3.05, 3.63) is 22.7 Å². The first-order valence-corrected chi connectivity index (χ1v) is 5.95. The van der Waals surface area contributed by atoms with Crippen LogP contribution in [0, 0.1) is 0 Å². The smallest absolute Gasteiger partial charge is 0.250 e. The summed E-state index contributed by atoms with van der Waals surface area (Å²) in [5.41, 5.74) is 16.2. The van der Waals surface area contributed by atoms with E-state index in [0.717, 1.165) is 0 Å². The van der Waals surface area contributed by atoms with E-state index >= 15 is 0 Å². The number of amides is 2. The second-order valence-corrected chi connectivity index (χ2v) is 5.35. The van der Waals surface area contributed by atoms with Gasteiger partial charge in [-0.1, -0.05) is 11.6 Å². The van der Waals surface area contributed by atoms with Crippen molar-refractivity contribution in [2.45, 2.75) is 25.8 Å². The number of hydrogen-bond donors (Lipinski definition) is 4. The van der Waals surface area contributed by atoms with Gasteiger partial charge in [0.15, 0.2) is 0 Å². The molecule has 0 radical (unpaired) electrons. The van der Waals surface area contributed by atoms with Crippen LogP contribution >= 0.6 is 11.6 Å². The molecule has 0 spiro atoms. The second-order valence-electron chi connectivity index (χ2n) is 4.94. The van der Waals surface area contributed by atoms with E-state index in [0.29, 0.717) is 11.4 Å². The topological polar surface area (TPSA) is 124 Å². The van der Waals surface area contributed by atoms with Gasteiger partial charge in [-0.2, -0.15) is 0 Å². The minimum atomic E-state index is -0.671. The lowest BCUT2D eigenvalue weighted by Crippen LogP contribution is -2.37. The van der Waals surface area contributed by atoms with Crippen LogP contribution in [0.2, 0.25) is 5.02 Å². The molecular formula is C12H17ClN4O2. The normalized spacial score (nSPS) is 11.1. The Balaban J connectivity index is 3.20. The molecule has 0 unspecified atom stereocenters. The molecule has 6 nitrogen and oxygen atoms in total. The lowest BCUT2D eigenvalue weighted by atomic mass is 9.98. The Morgan fingerprint density at radius 1 is 1.32 bits per heavy atom. The highest BCUT2D eigenvalue weighted by Gasteiger charge is 2.24. The lowest BCUT2D eigenvalue weighted by molar-refractivity contribution is -0.118. The Kier molecular flexibility index (Phi) is 4.26. The zero-order valence-electron chi connectivity index (χ0n) is 10.8. The van der Waals surface area contributed by atoms with Crippen molar-refractivity contribution in [2.75, 3.05) is 11.1 Å². The highest BCUT2D eigenvalue weighted by Crippen LogP contribution is 2.32. The molecule has 0 aromatic heterocycles. The third kappa shape index (κ3) is 4.03. The first-order valence-electron chi connectivity index (χ1n) is 5.58. The Morgan fingerprint density at radius 2 is 1.89 bits per heavy atom. The Labute approximate surface area is 116 Å². The van der Waals surface area contributed by atoms with E-state index < -0.39 is 17.4 Å². The average molecular weight is 285 g/mol. The zero-order chi connectivity index (χ0) is 14.8. The van der Waals surface area contributed by atoms with Crippen LogP contribution in [0.3, 0.4) is 0 Å². The molecule has 0 atom stereocenters. The van der Waals surface area contributed by atoms with Crippen molar-refractivity contribution in [2.24, 2.45) is 11.5 Å². The van der Waals surface area contributed by atoms with Gasteiger partial charge in [-0.25, -0.2) is 0 Å². The lowest BCUT2D eigenvalue weighted by Gasteiger charge is -2.28. The van der Waals surface area contributed by atoms with Gasteiger partial charge in [-0.3, -0.25) is 9.59 Å². The van der Waals surface area contributed by atoms with Gasteiger partial charge in [0.2, 0.25) is 5.91 Å². The number of hydrogen-bond acceptors (Lipinski definition) is 4. The first-order chi connectivity index (χ1) is 8.62. The van der Waals surface area contributed by atoms with E-state index in [1.807, 2.05) is 0 Å². The maximum atomic E-state index is 11.4. The summed E-state index contributed by atoms with van der Waals surface area (Å²) in [7, 11) is 0. The van der Waals surface area contributed by atoms with Crippen molar-refractivity contribution in [3.8, 4) is 0 Å². The molecule has 1 rings (SSSR count). The number of rotatable bonds is 5. The van der Waals surface area contributed by atoms with E-state index in [4.69, 9.17) is 28.8 Å². The van der Waals surface area contributed by atoms with Gasteiger partial charge in [0.1, 0.15) is 0 Å². The molecule has 7 N–H and O–H groups in total. The van der Waals surface area contributed by atoms with Crippen molar-refractivity contribution < 1.29 is 9.59 Å². The summed E-state index contributed by atoms with van der Waals surface area (Å²) in [6.07, 6.45) is 0.0753. The molecule has 1 aromatic rings. The largest absolute Gasteiger partial charge is 0.399 e. The fourth-order valence-corrected chi connectivity index (χ4v) is 2.04. The van der Waals surface area contributed by atoms with Gasteiger partial charge in [0, 0.05) is 17.6 Å². The number of halogens is 1. The Morgan fingerprint density at radius 3 is 2.37 bits per heavy atom. The Hall–Kier alpha value is -1.95. The van der Waals surface area contributed by atoms with Crippen LogP contribution in [0.4, 0.5) is 11.4 Å². The van der Waals surface area contributed by atoms with Gasteiger partial charge in [0.05, 0.1) is 16.3 Å². The summed E-state index contributed by atoms with van der Waals surface area (Å²) in [4.78, 5) is 22.4. The van der Waals surface area contributed by atoms with Crippen LogP contribution in [-0.2, 0) is 4.79 Å². The molecule has 0 aliphatic carbocycles. The van der Waals surface area contributed by atoms with Gasteiger partial charge < -0.3 is 22.5 Å². The molecule has 0 fully saturated rings. The summed E-state index contributed by atoms with van der Waals surface area (Å²) >= 11 is 6.05. The van der Waals surface area contributed by atoms with E-state index in [1.54, 1.807) is 13.8 Å². The minimum absolute atomic E-state index is 0.0753. The van der Waals surface area contributed by atoms with Gasteiger partial charge in [-0.05, 0) is 26.0 Å². The maximum Gasteiger partial charge on any atom is 0.250 e. The van der Waals surface area contributed by atoms with Crippen molar-refractivity contribution in [3.63, 3.8) is 0 Å². The van der Waals surface area contributed by atoms with Crippen LogP contribution in [-0.4, -0.2) is 17.4 Å². The quantitative estimate of drug-likeness (QED) is 0.604. The summed E-state index contributed by atoms with van der Waals surface area (Å²) in [6, 6.07) is 2.92. The Bertz CT molecular complexity index is 529. The van der Waals surface area contributed by atoms with Crippen LogP contribution in [0.5, 0.6) is 0 Å². The summed E-state index contributed by atoms with van der Waals surface area (Å²) in [6.45, 7) is 3.52. The van der Waals surface area contributed by atoms with Crippen molar-refractivity contribution >= 4 is 34.8 Å². The standard InChI is InChI=1S/C12H17ClN4O2/c1-12(2,5-9(15)18)17-10-7(11(16)19)3-6(14)4-8(10)13/h3-4,17H,5,14H2,1-2H3,(H2,15,18)(H2,16,19). The first kappa shape index (κ1) is 15.1. The molecule has 0 saturated heterocycles. The number of primary amides is 2. The molecule has 7 heteroatoms. The molecule has 0 aliphatic heterocycles. The van der Waals surface area contributed by atoms with Gasteiger partial charge in [0.25, 0.3) is 5.91 Å². The fraction of sp³-hybridized carbons (Fsp3) is 0.333. The maximum absolute atomic E-state index is 11.4. The molecule has 19 heavy (non-hydrogen) atoms. The van der Waals surface area contributed by atoms with Crippen molar-refractivity contribution in [1.82, 2.24) is 0 Å². The predicted octanol–water partition coefficient (Wildman–Crippen LogP) is 1.09. The number of carbonyl (C=O) groups is 2. The van der Waals surface area contributed by atoms with Gasteiger partial charge >= 0.3 is 0 Å². The van der Waals surface area contributed by atoms with Crippen molar-refractivity contribution in [1.29, 1.82) is 0 Å². The summed E-state index contributed by atoms with van der Waals surface area (Å²) in [5, 5.41) is 3.26. The minimum Gasteiger partial charge on any atom is -0.399 e. The van der Waals surface area contributed by atoms with Crippen LogP contribution in [0.15, 0.2) is 12.1 Å². The average Bonchev–Trinajstić information content (AvgIpc) is 2.19. The van der Waals surface area contributed by atoms with Crippen LogP contribution in [0.25, 0.3) is 0 Å². The fourth-order valence-electron chi connectivity index (χ4n) is 1.77. The summed E-state index contributed by atoms with van der Waals surface area (Å²) in [5.74, 6) is -1.13. The second kappa shape index (κ2) is 5.36. The zero-order valence-corrected chi connectivity index (χ0v) is 11.5. The molecule has 0 heterocycles. The van der Waals surface area contributed by atoms with Crippen LogP contribution in [0.1, 0.15) is 30.6 Å².